The maximum absolute atomic E-state index is 2.49. The molecule has 0 spiro atoms. The van der Waals surface area contributed by atoms with Gasteiger partial charge in [-0.3, -0.25) is 0 Å². The second kappa shape index (κ2) is 21.3. The van der Waals surface area contributed by atoms with Crippen molar-refractivity contribution in [3.8, 4) is 56.1 Å². The maximum Gasteiger partial charge on any atom is 0.0640 e. The van der Waals surface area contributed by atoms with Crippen molar-refractivity contribution in [2.75, 3.05) is 0 Å². The van der Waals surface area contributed by atoms with Crippen LogP contribution in [0.1, 0.15) is 0 Å². The Morgan fingerprint density at radius 2 is 0.548 bits per heavy atom. The van der Waals surface area contributed by atoms with Crippen molar-refractivity contribution in [1.82, 2.24) is 18.3 Å². The average Bonchev–Trinajstić information content (AvgIpc) is 1.58. The van der Waals surface area contributed by atoms with Crippen molar-refractivity contribution in [3.05, 3.63) is 340 Å². The first-order chi connectivity index (χ1) is 46.1. The van der Waals surface area contributed by atoms with Crippen molar-refractivity contribution in [1.29, 1.82) is 0 Å². The largest absolute Gasteiger partial charge is 0.309 e. The van der Waals surface area contributed by atoms with Crippen LogP contribution in [0.3, 0.4) is 0 Å². The van der Waals surface area contributed by atoms with Gasteiger partial charge in [0.2, 0.25) is 0 Å². The van der Waals surface area contributed by atoms with Crippen LogP contribution in [0.15, 0.2) is 340 Å². The molecule has 0 bridgehead atoms. The third-order valence-electron chi connectivity index (χ3n) is 19.2. The summed E-state index contributed by atoms with van der Waals surface area (Å²) in [5.41, 5.74) is 21.8. The number of thiophene rings is 1. The lowest BCUT2D eigenvalue weighted by Crippen LogP contribution is -1.95. The molecule has 434 valence electrons. The topological polar surface area (TPSA) is 19.7 Å². The monoisotopic (exact) mass is 1200 g/mol. The van der Waals surface area contributed by atoms with Gasteiger partial charge in [-0.25, -0.2) is 0 Å². The molecule has 0 radical (unpaired) electrons. The Balaban J connectivity index is 0.000000135. The van der Waals surface area contributed by atoms with E-state index >= 15 is 0 Å². The zero-order chi connectivity index (χ0) is 61.1. The minimum Gasteiger partial charge on any atom is -0.309 e. The van der Waals surface area contributed by atoms with E-state index in [2.05, 4.69) is 358 Å². The minimum absolute atomic E-state index is 1.16. The number of aromatic nitrogens is 4. The summed E-state index contributed by atoms with van der Waals surface area (Å²) in [6, 6.07) is 124. The number of nitrogens with zero attached hydrogens (tertiary/aromatic N) is 4. The van der Waals surface area contributed by atoms with Gasteiger partial charge in [0.25, 0.3) is 0 Å². The molecule has 0 fully saturated rings. The molecule has 0 saturated heterocycles. The lowest BCUT2D eigenvalue weighted by atomic mass is 10.00. The summed E-state index contributed by atoms with van der Waals surface area (Å²) in [6.45, 7) is 0. The second-order valence-electron chi connectivity index (χ2n) is 24.4. The third-order valence-corrected chi connectivity index (χ3v) is 20.4. The van der Waals surface area contributed by atoms with E-state index in [4.69, 9.17) is 0 Å². The molecule has 20 rings (SSSR count). The molecular weight excluding hydrogens is 1150 g/mol. The standard InChI is InChI=1S/C48H30N2S.C40H26N2/c1-2-12-31(13-3-1)32-24-26-33(27-25-32)34-14-10-15-35(28-34)49-42-20-7-4-16-36(42)40-30-46-41(29-45(40)49)37-17-5-8-21-43(37)50(46)44-22-11-19-39-38-18-6-9-23-47(38)51-48(39)44;1-2-10-27(11-3-1)29-18-21-31(22-19-29)41-37-16-8-6-14-33(37)35-26-40-36(25-39(35)41)34-15-7-9-17-38(34)42(40)32-23-20-28-12-4-5-13-30(28)24-32/h1-30H;1-26H. The van der Waals surface area contributed by atoms with Gasteiger partial charge in [-0.1, -0.05) is 243 Å². The first-order valence-electron chi connectivity index (χ1n) is 31.9. The summed E-state index contributed by atoms with van der Waals surface area (Å²) in [5, 5.41) is 15.2. The number of rotatable bonds is 7. The highest BCUT2D eigenvalue weighted by Gasteiger charge is 2.22. The van der Waals surface area contributed by atoms with Crippen LogP contribution < -0.4 is 0 Å². The number of para-hydroxylation sites is 4. The van der Waals surface area contributed by atoms with E-state index in [1.165, 1.54) is 169 Å². The van der Waals surface area contributed by atoms with E-state index in [1.54, 1.807) is 0 Å². The SMILES string of the molecule is c1ccc(-c2ccc(-c3cccc(-n4c5ccccc5c5cc6c(cc54)c4ccccc4n6-c4cccc5c4sc4ccccc45)c3)cc2)cc1.c1ccc(-c2ccc(-n3c4ccccc4c4cc5c(cc43)c3ccccc3n5-c3ccc4ccccc4c3)cc2)cc1. The predicted molar refractivity (Wildman–Crippen MR) is 397 cm³/mol. The van der Waals surface area contributed by atoms with E-state index in [0.717, 1.165) is 5.69 Å². The summed E-state index contributed by atoms with van der Waals surface area (Å²) < 4.78 is 12.4. The Morgan fingerprint density at radius 1 is 0.183 bits per heavy atom. The molecule has 0 aliphatic heterocycles. The van der Waals surface area contributed by atoms with E-state index < -0.39 is 0 Å². The van der Waals surface area contributed by atoms with Gasteiger partial charge in [-0.15, -0.1) is 11.3 Å². The Morgan fingerprint density at radius 3 is 1.10 bits per heavy atom. The van der Waals surface area contributed by atoms with Crippen molar-refractivity contribution < 1.29 is 0 Å². The molecule has 0 N–H and O–H groups in total. The first kappa shape index (κ1) is 52.9. The Kier molecular flexibility index (Phi) is 12.1. The van der Waals surface area contributed by atoms with Crippen LogP contribution in [0.5, 0.6) is 0 Å². The minimum atomic E-state index is 1.16. The molecule has 20 aromatic rings. The molecule has 0 unspecified atom stereocenters. The normalized spacial score (nSPS) is 11.9. The lowest BCUT2D eigenvalue weighted by molar-refractivity contribution is 1.18. The fourth-order valence-electron chi connectivity index (χ4n) is 14.9. The van der Waals surface area contributed by atoms with E-state index in [0.29, 0.717) is 0 Å². The van der Waals surface area contributed by atoms with Crippen molar-refractivity contribution in [2.24, 2.45) is 0 Å². The molecule has 5 heterocycles. The highest BCUT2D eigenvalue weighted by atomic mass is 32.1. The van der Waals surface area contributed by atoms with Crippen LogP contribution >= 0.6 is 11.3 Å². The number of fused-ring (bicyclic) bond motifs is 16. The third kappa shape index (κ3) is 8.52. The van der Waals surface area contributed by atoms with E-state index in [-0.39, 0.29) is 0 Å². The van der Waals surface area contributed by atoms with Crippen LogP contribution in [0, 0.1) is 0 Å². The molecule has 15 aromatic carbocycles. The van der Waals surface area contributed by atoms with Crippen molar-refractivity contribution in [2.45, 2.75) is 0 Å². The quantitative estimate of drug-likeness (QED) is 0.152. The molecule has 4 nitrogen and oxygen atoms in total. The highest BCUT2D eigenvalue weighted by molar-refractivity contribution is 7.26. The summed E-state index contributed by atoms with van der Waals surface area (Å²) in [5.74, 6) is 0. The lowest BCUT2D eigenvalue weighted by Gasteiger charge is -2.12. The Hall–Kier alpha value is -12.0. The van der Waals surface area contributed by atoms with Crippen LogP contribution in [-0.4, -0.2) is 18.3 Å². The van der Waals surface area contributed by atoms with Gasteiger partial charge in [0.15, 0.2) is 0 Å². The molecule has 0 atom stereocenters. The Bertz CT molecular complexity index is 6340. The fourth-order valence-corrected chi connectivity index (χ4v) is 16.1. The molecule has 0 aliphatic carbocycles. The summed E-state index contributed by atoms with van der Waals surface area (Å²) in [7, 11) is 0. The van der Waals surface area contributed by atoms with Crippen molar-refractivity contribution >= 4 is 130 Å². The average molecular weight is 1200 g/mol. The zero-order valence-corrected chi connectivity index (χ0v) is 51.3. The van der Waals surface area contributed by atoms with Crippen LogP contribution in [0.2, 0.25) is 0 Å². The smallest absolute Gasteiger partial charge is 0.0640 e. The summed E-state index contributed by atoms with van der Waals surface area (Å²) in [4.78, 5) is 0. The van der Waals surface area contributed by atoms with E-state index in [1.807, 2.05) is 11.3 Å². The predicted octanol–water partition coefficient (Wildman–Crippen LogP) is 24.3. The molecule has 5 heteroatoms. The Labute approximate surface area is 540 Å². The zero-order valence-electron chi connectivity index (χ0n) is 50.5. The van der Waals surface area contributed by atoms with Gasteiger partial charge in [-0.05, 0) is 141 Å². The van der Waals surface area contributed by atoms with Gasteiger partial charge in [0.1, 0.15) is 0 Å². The molecule has 0 amide bonds. The van der Waals surface area contributed by atoms with E-state index in [9.17, 15) is 0 Å². The second-order valence-corrected chi connectivity index (χ2v) is 25.4. The van der Waals surface area contributed by atoms with Gasteiger partial charge in [0.05, 0.1) is 54.5 Å². The van der Waals surface area contributed by atoms with Crippen LogP contribution in [-0.2, 0) is 0 Å². The fraction of sp³-hybridized carbons (Fsp3) is 0. The molecular formula is C88H56N4S. The van der Waals surface area contributed by atoms with Gasteiger partial charge >= 0.3 is 0 Å². The molecule has 0 aliphatic rings. The molecule has 5 aromatic heterocycles. The van der Waals surface area contributed by atoms with Gasteiger partial charge < -0.3 is 18.3 Å². The summed E-state index contributed by atoms with van der Waals surface area (Å²) >= 11 is 1.89. The molecule has 0 saturated carbocycles. The number of hydrogen-bond donors (Lipinski definition) is 0. The molecule has 93 heavy (non-hydrogen) atoms. The maximum atomic E-state index is 2.49. The van der Waals surface area contributed by atoms with Crippen LogP contribution in [0.4, 0.5) is 0 Å². The number of hydrogen-bond acceptors (Lipinski definition) is 1. The highest BCUT2D eigenvalue weighted by Crippen LogP contribution is 2.45. The summed E-state index contributed by atoms with van der Waals surface area (Å²) in [6.07, 6.45) is 0. The van der Waals surface area contributed by atoms with Gasteiger partial charge in [-0.2, -0.15) is 0 Å². The first-order valence-corrected chi connectivity index (χ1v) is 32.7. The number of benzene rings is 15. The van der Waals surface area contributed by atoms with Gasteiger partial charge in [0, 0.05) is 75.6 Å². The van der Waals surface area contributed by atoms with Crippen molar-refractivity contribution in [3.63, 3.8) is 0 Å². The van der Waals surface area contributed by atoms with Crippen LogP contribution in [0.25, 0.3) is 174 Å².